The van der Waals surface area contributed by atoms with Gasteiger partial charge in [-0.25, -0.2) is 9.69 Å². The molecule has 0 bridgehead atoms. The minimum Gasteiger partial charge on any atom is -0.491 e. The van der Waals surface area contributed by atoms with E-state index in [-0.39, 0.29) is 36.4 Å². The number of aliphatic hydroxyl groups excluding tert-OH is 1. The van der Waals surface area contributed by atoms with E-state index in [1.54, 1.807) is 43.3 Å². The fourth-order valence-corrected chi connectivity index (χ4v) is 9.80. The molecule has 8 rings (SSSR count). The number of nitrogens with two attached hydrogens (primary N) is 1. The summed E-state index contributed by atoms with van der Waals surface area (Å²) < 4.78 is 21.8. The number of hydrogen-bond acceptors (Lipinski definition) is 12. The number of imide groups is 1. The number of carbonyl (C=O) groups is 6. The highest BCUT2D eigenvalue weighted by Gasteiger charge is 2.75. The first kappa shape index (κ1) is 45.8. The number of amides is 4. The third-order valence-electron chi connectivity index (χ3n) is 12.7. The number of carbonyl (C=O) groups excluding carboxylic acids is 6. The first-order valence-corrected chi connectivity index (χ1v) is 21.7. The van der Waals surface area contributed by atoms with E-state index in [2.05, 4.69) is 17.2 Å². The Kier molecular flexibility index (Phi) is 13.2. The molecule has 0 aliphatic carbocycles. The van der Waals surface area contributed by atoms with E-state index in [1.807, 2.05) is 95.9 Å². The summed E-state index contributed by atoms with van der Waals surface area (Å²) in [6.07, 6.45) is -1.24. The SMILES string of the molecule is COC(=O)C(CC#Cc1ccc2c(c1)C1(C(=O)N2C(=O)NC(C)c2ccccc2)C(C(N)=O)C2C(=O)OC(c3ccccc3)C(c3ccccc3)N2C1c1ccc(OCCO)cc1)C(=O)OC. The number of primary amides is 1. The zero-order valence-electron chi connectivity index (χ0n) is 36.9. The maximum Gasteiger partial charge on any atom is 0.329 e. The van der Waals surface area contributed by atoms with E-state index in [1.165, 1.54) is 6.07 Å². The molecule has 5 aromatic rings. The number of methoxy groups -OCH3 is 2. The number of aliphatic hydroxyl groups is 1. The van der Waals surface area contributed by atoms with Crippen molar-refractivity contribution in [2.75, 3.05) is 32.3 Å². The number of fused-ring (bicyclic) bond motifs is 3. The van der Waals surface area contributed by atoms with Crippen LogP contribution in [0.5, 0.6) is 5.75 Å². The first-order chi connectivity index (χ1) is 32.5. The Morgan fingerprint density at radius 1 is 0.806 bits per heavy atom. The van der Waals surface area contributed by atoms with Crippen LogP contribution in [0.1, 0.15) is 71.0 Å². The van der Waals surface area contributed by atoms with E-state index in [0.29, 0.717) is 22.4 Å². The zero-order valence-corrected chi connectivity index (χ0v) is 36.9. The van der Waals surface area contributed by atoms with Crippen molar-refractivity contribution in [3.63, 3.8) is 0 Å². The van der Waals surface area contributed by atoms with Gasteiger partial charge >= 0.3 is 23.9 Å². The van der Waals surface area contributed by atoms with Crippen LogP contribution in [-0.4, -0.2) is 79.2 Å². The van der Waals surface area contributed by atoms with Crippen molar-refractivity contribution in [3.05, 3.63) is 167 Å². The maximum absolute atomic E-state index is 16.2. The Labute approximate surface area is 386 Å². The molecule has 2 saturated heterocycles. The summed E-state index contributed by atoms with van der Waals surface area (Å²) in [5.74, 6) is -1.09. The average molecular weight is 905 g/mol. The number of nitrogens with one attached hydrogen (secondary N) is 1. The van der Waals surface area contributed by atoms with Crippen LogP contribution in [0.25, 0.3) is 0 Å². The number of hydrogen-bond donors (Lipinski definition) is 3. The number of morpholine rings is 1. The van der Waals surface area contributed by atoms with Gasteiger partial charge in [-0.1, -0.05) is 115 Å². The minimum atomic E-state index is -2.12. The molecule has 0 aromatic heterocycles. The zero-order chi connectivity index (χ0) is 47.4. The molecule has 2 fully saturated rings. The fourth-order valence-electron chi connectivity index (χ4n) is 9.80. The van der Waals surface area contributed by atoms with Crippen LogP contribution >= 0.6 is 0 Å². The lowest BCUT2D eigenvalue weighted by Gasteiger charge is -2.46. The lowest BCUT2D eigenvalue weighted by molar-refractivity contribution is -0.178. The molecule has 7 unspecified atom stereocenters. The number of benzene rings is 5. The molecule has 3 aliphatic rings. The van der Waals surface area contributed by atoms with E-state index in [9.17, 15) is 29.1 Å². The van der Waals surface area contributed by atoms with Gasteiger partial charge in [-0.05, 0) is 65.1 Å². The summed E-state index contributed by atoms with van der Waals surface area (Å²) in [4.78, 5) is 88.5. The molecule has 1 spiro atoms. The van der Waals surface area contributed by atoms with Crippen molar-refractivity contribution in [2.24, 2.45) is 17.6 Å². The molecule has 15 nitrogen and oxygen atoms in total. The summed E-state index contributed by atoms with van der Waals surface area (Å²) in [6.45, 7) is 1.54. The third-order valence-corrected chi connectivity index (χ3v) is 12.7. The van der Waals surface area contributed by atoms with Crippen molar-refractivity contribution in [3.8, 4) is 17.6 Å². The van der Waals surface area contributed by atoms with Crippen LogP contribution in [0.4, 0.5) is 10.5 Å². The van der Waals surface area contributed by atoms with Gasteiger partial charge in [0.05, 0.1) is 50.6 Å². The molecule has 342 valence electrons. The van der Waals surface area contributed by atoms with Crippen molar-refractivity contribution in [1.82, 2.24) is 10.2 Å². The van der Waals surface area contributed by atoms with Crippen LogP contribution in [-0.2, 0) is 43.6 Å². The topological polar surface area (TPSA) is 204 Å². The molecule has 5 aromatic carbocycles. The molecule has 7 atom stereocenters. The van der Waals surface area contributed by atoms with Gasteiger partial charge in [0.25, 0.3) is 0 Å². The van der Waals surface area contributed by atoms with Crippen LogP contribution in [0.15, 0.2) is 133 Å². The molecule has 4 amide bonds. The Morgan fingerprint density at radius 3 is 2.01 bits per heavy atom. The summed E-state index contributed by atoms with van der Waals surface area (Å²) in [5.41, 5.74) is 7.50. The Balaban J connectivity index is 1.39. The number of esters is 3. The number of urea groups is 1. The van der Waals surface area contributed by atoms with Gasteiger partial charge in [-0.3, -0.25) is 28.9 Å². The van der Waals surface area contributed by atoms with E-state index < -0.39 is 83.3 Å². The van der Waals surface area contributed by atoms with Gasteiger partial charge in [-0.2, -0.15) is 0 Å². The van der Waals surface area contributed by atoms with E-state index in [4.69, 9.17) is 24.7 Å². The maximum atomic E-state index is 16.2. The molecular weight excluding hydrogens is 857 g/mol. The third kappa shape index (κ3) is 8.26. The molecular formula is C52H48N4O11. The molecule has 3 heterocycles. The van der Waals surface area contributed by atoms with Gasteiger partial charge in [0.1, 0.15) is 29.9 Å². The van der Waals surface area contributed by atoms with Gasteiger partial charge in [0.2, 0.25) is 11.8 Å². The number of anilines is 1. The number of ether oxygens (including phenoxy) is 4. The van der Waals surface area contributed by atoms with Crippen LogP contribution in [0.2, 0.25) is 0 Å². The van der Waals surface area contributed by atoms with E-state index in [0.717, 1.165) is 24.7 Å². The Bertz CT molecular complexity index is 2730. The minimum absolute atomic E-state index is 0.00644. The van der Waals surface area contributed by atoms with Crippen molar-refractivity contribution in [2.45, 2.75) is 49.0 Å². The lowest BCUT2D eigenvalue weighted by atomic mass is 9.65. The molecule has 67 heavy (non-hydrogen) atoms. The largest absolute Gasteiger partial charge is 0.491 e. The first-order valence-electron chi connectivity index (χ1n) is 21.7. The van der Waals surface area contributed by atoms with Crippen LogP contribution in [0.3, 0.4) is 0 Å². The number of rotatable bonds is 12. The second kappa shape index (κ2) is 19.4. The van der Waals surface area contributed by atoms with Crippen molar-refractivity contribution < 1.29 is 52.8 Å². The monoisotopic (exact) mass is 904 g/mol. The molecule has 0 saturated carbocycles. The highest BCUT2D eigenvalue weighted by atomic mass is 16.6. The highest BCUT2D eigenvalue weighted by Crippen LogP contribution is 2.65. The number of nitrogens with zero attached hydrogens (tertiary/aromatic N) is 2. The quantitative estimate of drug-likeness (QED) is 0.0625. The predicted molar refractivity (Wildman–Crippen MR) is 243 cm³/mol. The van der Waals surface area contributed by atoms with Gasteiger partial charge in [0, 0.05) is 12.0 Å². The van der Waals surface area contributed by atoms with Gasteiger partial charge < -0.3 is 35.1 Å². The standard InChI is InChI=1S/C52H48N4O11/c1-31(33-15-7-4-8-16-33)54-51(63)55-40-27-22-32(14-13-21-38(47(59)64-2)48(60)65-3)30-39(40)52(50(55)62)41(46(53)58)43-49(61)67-44(35-19-11-6-12-20-35)42(34-17-9-5-10-18-34)56(43)45(52)36-23-25-37(26-24-36)66-29-28-57/h4-12,15-20,22-27,30-31,38,41-45,57H,21,28-29H2,1-3H3,(H2,53,58)(H,54,63). The molecule has 0 radical (unpaired) electrons. The highest BCUT2D eigenvalue weighted by molar-refractivity contribution is 6.24. The van der Waals surface area contributed by atoms with Crippen molar-refractivity contribution in [1.29, 1.82) is 0 Å². The van der Waals surface area contributed by atoms with E-state index >= 15 is 4.79 Å². The average Bonchev–Trinajstić information content (AvgIpc) is 3.81. The lowest BCUT2D eigenvalue weighted by Crippen LogP contribution is -2.55. The Hall–Kier alpha value is -7.80. The van der Waals surface area contributed by atoms with Gasteiger partial charge in [0.15, 0.2) is 5.92 Å². The van der Waals surface area contributed by atoms with Crippen LogP contribution in [0, 0.1) is 23.7 Å². The second-order valence-corrected chi connectivity index (χ2v) is 16.4. The molecule has 4 N–H and O–H groups in total. The normalized spacial score (nSPS) is 22.2. The summed E-state index contributed by atoms with van der Waals surface area (Å²) in [6, 6.07) is 34.1. The fraction of sp³-hybridized carbons (Fsp3) is 0.269. The van der Waals surface area contributed by atoms with Crippen LogP contribution < -0.4 is 20.7 Å². The van der Waals surface area contributed by atoms with Gasteiger partial charge in [-0.15, -0.1) is 0 Å². The Morgan fingerprint density at radius 2 is 1.42 bits per heavy atom. The summed E-state index contributed by atoms with van der Waals surface area (Å²) in [5, 5.41) is 12.5. The number of cyclic esters (lactones) is 1. The molecule has 15 heteroatoms. The summed E-state index contributed by atoms with van der Waals surface area (Å²) >= 11 is 0. The van der Waals surface area contributed by atoms with Crippen molar-refractivity contribution >= 4 is 41.4 Å². The smallest absolute Gasteiger partial charge is 0.329 e. The molecule has 3 aliphatic heterocycles. The second-order valence-electron chi connectivity index (χ2n) is 16.4. The summed E-state index contributed by atoms with van der Waals surface area (Å²) in [7, 11) is 2.28. The predicted octanol–water partition coefficient (Wildman–Crippen LogP) is 5.38.